The minimum atomic E-state index is -3.05. The Morgan fingerprint density at radius 2 is 2.36 bits per heavy atom. The molecule has 0 aromatic carbocycles. The quantitative estimate of drug-likeness (QED) is 0.348. The average Bonchev–Trinajstić information content (AvgIpc) is 2.09. The van der Waals surface area contributed by atoms with Gasteiger partial charge in [0.05, 0.1) is 6.61 Å². The van der Waals surface area contributed by atoms with E-state index in [0.717, 1.165) is 0 Å². The van der Waals surface area contributed by atoms with Crippen LogP contribution in [-0.4, -0.2) is 12.6 Å². The molecule has 11 heavy (non-hydrogen) atoms. The van der Waals surface area contributed by atoms with Crippen molar-refractivity contribution in [1.82, 2.24) is 0 Å². The second kappa shape index (κ2) is 4.51. The monoisotopic (exact) mass is 159 g/mol. The van der Waals surface area contributed by atoms with Crippen LogP contribution in [0.25, 0.3) is 0 Å². The van der Waals surface area contributed by atoms with Crippen molar-refractivity contribution in [2.75, 3.05) is 6.61 Å². The van der Waals surface area contributed by atoms with E-state index < -0.39 is 30.8 Å². The molecule has 0 unspecified atom stereocenters. The molecule has 0 aromatic heterocycles. The maximum atomic E-state index is 11.3. The summed E-state index contributed by atoms with van der Waals surface area (Å²) in [5, 5.41) is 8.71. The lowest BCUT2D eigenvalue weighted by Crippen LogP contribution is -2.07. The van der Waals surface area contributed by atoms with E-state index in [1.54, 1.807) is 0 Å². The van der Waals surface area contributed by atoms with Gasteiger partial charge in [0.15, 0.2) is 0 Å². The van der Waals surface area contributed by atoms with Gasteiger partial charge < -0.3 is 4.74 Å². The Bertz CT molecular complexity index is 357. The second-order valence-corrected chi connectivity index (χ2v) is 1.58. The smallest absolute Gasteiger partial charge is 0.348 e. The molecule has 3 nitrogen and oxygen atoms in total. The molecule has 0 heterocycles. The summed E-state index contributed by atoms with van der Waals surface area (Å²) in [6, 6.07) is 1.28. The lowest BCUT2D eigenvalue weighted by Gasteiger charge is -1.99. The highest BCUT2D eigenvalue weighted by Gasteiger charge is 2.10. The summed E-state index contributed by atoms with van der Waals surface area (Å²) in [5.41, 5.74) is -2.14. The van der Waals surface area contributed by atoms with Gasteiger partial charge >= 0.3 is 5.97 Å². The number of ether oxygens (including phenoxy) is 1. The summed E-state index contributed by atoms with van der Waals surface area (Å²) < 4.78 is 46.8. The molecule has 0 saturated heterocycles. The van der Waals surface area contributed by atoms with Gasteiger partial charge in [0.2, 0.25) is 0 Å². The van der Waals surface area contributed by atoms with Crippen LogP contribution in [0.4, 0.5) is 0 Å². The maximum absolute atomic E-state index is 11.3. The fraction of sp³-hybridized carbons (Fsp3) is 0.500. The molecule has 0 saturated carbocycles. The van der Waals surface area contributed by atoms with Crippen molar-refractivity contribution in [2.24, 2.45) is 0 Å². The number of hydrogen-bond acceptors (Lipinski definition) is 3. The van der Waals surface area contributed by atoms with Crippen LogP contribution in [0, 0.1) is 11.3 Å². The first-order valence-electron chi connectivity index (χ1n) is 5.88. The van der Waals surface area contributed by atoms with E-state index in [1.807, 2.05) is 0 Å². The third-order valence-electron chi connectivity index (χ3n) is 0.841. The third kappa shape index (κ3) is 2.85. The van der Waals surface area contributed by atoms with Crippen LogP contribution < -0.4 is 0 Å². The molecule has 0 radical (unpaired) electrons. The summed E-state index contributed by atoms with van der Waals surface area (Å²) in [5.74, 6) is -1.24. The molecule has 0 rings (SSSR count). The molecule has 60 valence electrons. The number of carbonyl (C=O) groups is 1. The normalized spacial score (nSPS) is 18.5. The van der Waals surface area contributed by atoms with E-state index in [4.69, 9.17) is 13.5 Å². The lowest BCUT2D eigenvalue weighted by molar-refractivity contribution is -0.138. The predicted molar refractivity (Wildman–Crippen MR) is 40.6 cm³/mol. The van der Waals surface area contributed by atoms with Crippen molar-refractivity contribution in [3.63, 3.8) is 0 Å². The molecule has 0 atom stereocenters. The highest BCUT2D eigenvalue weighted by molar-refractivity contribution is 5.93. The minimum absolute atomic E-state index is 0.0840. The van der Waals surface area contributed by atoms with Crippen molar-refractivity contribution in [2.45, 2.75) is 20.6 Å². The molecule has 0 fully saturated rings. The molecular weight excluding hydrogens is 142 g/mol. The van der Waals surface area contributed by atoms with Crippen molar-refractivity contribution in [3.8, 4) is 6.07 Å². The van der Waals surface area contributed by atoms with Crippen LogP contribution in [-0.2, 0) is 9.53 Å². The molecule has 3 heteroatoms. The third-order valence-corrected chi connectivity index (χ3v) is 0.841. The molecule has 0 aliphatic heterocycles. The summed E-state index contributed by atoms with van der Waals surface area (Å²) >= 11 is 0. The van der Waals surface area contributed by atoms with Crippen LogP contribution in [0.3, 0.4) is 0 Å². The zero-order valence-corrected chi connectivity index (χ0v) is 5.97. The van der Waals surface area contributed by atoms with Gasteiger partial charge in [-0.3, -0.25) is 0 Å². The van der Waals surface area contributed by atoms with Crippen LogP contribution in [0.15, 0.2) is 11.1 Å². The second-order valence-electron chi connectivity index (χ2n) is 1.58. The molecular formula is C8H11NO2. The van der Waals surface area contributed by atoms with Crippen LogP contribution in [0.5, 0.6) is 0 Å². The number of allylic oxidation sites excluding steroid dienone is 1. The van der Waals surface area contributed by atoms with Gasteiger partial charge in [-0.15, -0.1) is 0 Å². The molecule has 0 aliphatic rings. The highest BCUT2D eigenvalue weighted by Crippen LogP contribution is 2.03. The summed E-state index contributed by atoms with van der Waals surface area (Å²) in [6.07, 6.45) is 0. The Morgan fingerprint density at radius 3 is 2.73 bits per heavy atom. The zero-order valence-electron chi connectivity index (χ0n) is 12.0. The first-order valence-corrected chi connectivity index (χ1v) is 2.88. The number of nitrogens with zero attached hydrogens (tertiary/aromatic N) is 1. The maximum Gasteiger partial charge on any atom is 0.348 e. The molecule has 0 amide bonds. The first-order chi connectivity index (χ1) is 7.55. The van der Waals surface area contributed by atoms with Crippen molar-refractivity contribution >= 4 is 5.97 Å². The van der Waals surface area contributed by atoms with Gasteiger partial charge in [-0.25, -0.2) is 4.79 Å². The van der Waals surface area contributed by atoms with Crippen LogP contribution in [0.1, 0.15) is 28.9 Å². The number of hydrogen-bond donors (Lipinski definition) is 0. The first kappa shape index (κ1) is 3.40. The molecule has 0 aliphatic carbocycles. The van der Waals surface area contributed by atoms with Crippen molar-refractivity contribution in [3.05, 3.63) is 11.1 Å². The Hall–Kier alpha value is -1.30. The van der Waals surface area contributed by atoms with Crippen LogP contribution >= 0.6 is 0 Å². The fourth-order valence-electron chi connectivity index (χ4n) is 0.407. The zero-order chi connectivity index (χ0) is 13.9. The molecule has 0 aromatic rings. The van der Waals surface area contributed by atoms with Gasteiger partial charge in [0.1, 0.15) is 11.6 Å². The Kier molecular flexibility index (Phi) is 1.39. The summed E-state index contributed by atoms with van der Waals surface area (Å²) in [4.78, 5) is 11.3. The molecule has 0 bridgehead atoms. The highest BCUT2D eigenvalue weighted by atomic mass is 16.5. The van der Waals surface area contributed by atoms with Crippen molar-refractivity contribution < 1.29 is 17.8 Å². The van der Waals surface area contributed by atoms with E-state index in [0.29, 0.717) is 0 Å². The van der Waals surface area contributed by atoms with E-state index in [1.165, 1.54) is 13.0 Å². The van der Waals surface area contributed by atoms with E-state index in [2.05, 4.69) is 4.74 Å². The average molecular weight is 159 g/mol. The Morgan fingerprint density at radius 1 is 1.73 bits per heavy atom. The van der Waals surface area contributed by atoms with Crippen molar-refractivity contribution in [1.29, 1.82) is 5.26 Å². The number of nitriles is 1. The number of esters is 1. The molecule has 0 N–H and O–H groups in total. The summed E-state index contributed by atoms with van der Waals surface area (Å²) in [7, 11) is 0. The van der Waals surface area contributed by atoms with E-state index in [9.17, 15) is 4.79 Å². The summed E-state index contributed by atoms with van der Waals surface area (Å²) in [6.45, 7) is -4.73. The Balaban J connectivity index is 5.84. The van der Waals surface area contributed by atoms with Gasteiger partial charge in [-0.05, 0) is 20.6 Å². The van der Waals surface area contributed by atoms with Crippen LogP contribution in [0.2, 0.25) is 0 Å². The predicted octanol–water partition coefficient (Wildman–Crippen LogP) is 1.41. The minimum Gasteiger partial charge on any atom is -0.462 e. The largest absolute Gasteiger partial charge is 0.462 e. The van der Waals surface area contributed by atoms with E-state index in [-0.39, 0.29) is 6.61 Å². The number of carbonyl (C=O) groups excluding carboxylic acids is 1. The Labute approximate surface area is 74.7 Å². The lowest BCUT2D eigenvalue weighted by atomic mass is 10.2. The van der Waals surface area contributed by atoms with Gasteiger partial charge in [0.25, 0.3) is 0 Å². The SMILES string of the molecule is [2H]C([2H])([2H])C(=C(C#N)C(=O)OCC)C([2H])([2H])[2H]. The number of rotatable bonds is 2. The van der Waals surface area contributed by atoms with Gasteiger partial charge in [-0.2, -0.15) is 5.26 Å². The topological polar surface area (TPSA) is 50.1 Å². The molecule has 0 spiro atoms. The van der Waals surface area contributed by atoms with Gasteiger partial charge in [-0.1, -0.05) is 5.57 Å². The fourth-order valence-corrected chi connectivity index (χ4v) is 0.407. The standard InChI is InChI=1S/C8H11NO2/c1-4-11-8(10)7(5-9)6(2)3/h4H2,1-3H3/i2D3,3D3. The van der Waals surface area contributed by atoms with E-state index >= 15 is 0 Å². The van der Waals surface area contributed by atoms with Gasteiger partial charge in [0, 0.05) is 8.22 Å².